The zero-order chi connectivity index (χ0) is 20.6. The summed E-state index contributed by atoms with van der Waals surface area (Å²) >= 11 is 11.1. The summed E-state index contributed by atoms with van der Waals surface area (Å²) in [5.41, 5.74) is 2.31. The maximum absolute atomic E-state index is 12.6. The molecule has 0 bridgehead atoms. The lowest BCUT2D eigenvalue weighted by Crippen LogP contribution is -2.34. The van der Waals surface area contributed by atoms with Gasteiger partial charge in [-0.25, -0.2) is 0 Å². The molecule has 0 aromatic heterocycles. The first kappa shape index (κ1) is 20.5. The van der Waals surface area contributed by atoms with Crippen LogP contribution in [0.5, 0.6) is 0 Å². The molecule has 0 fully saturated rings. The second-order valence-corrected chi connectivity index (χ2v) is 6.91. The van der Waals surface area contributed by atoms with Crippen LogP contribution in [0.3, 0.4) is 0 Å². The van der Waals surface area contributed by atoms with E-state index in [0.717, 1.165) is 5.56 Å². The van der Waals surface area contributed by atoms with Gasteiger partial charge in [0.1, 0.15) is 0 Å². The van der Waals surface area contributed by atoms with E-state index in [-0.39, 0.29) is 16.8 Å². The Bertz CT molecular complexity index is 1060. The van der Waals surface area contributed by atoms with Crippen molar-refractivity contribution in [2.45, 2.75) is 0 Å². The number of nitrogens with one attached hydrogen (secondary N) is 2. The van der Waals surface area contributed by atoms with E-state index in [2.05, 4.69) is 10.6 Å². The van der Waals surface area contributed by atoms with E-state index in [0.29, 0.717) is 21.8 Å². The molecule has 1 amide bonds. The number of anilines is 1. The molecule has 0 radical (unpaired) electrons. The van der Waals surface area contributed by atoms with E-state index in [9.17, 15) is 9.59 Å². The van der Waals surface area contributed by atoms with Gasteiger partial charge in [0.2, 0.25) is 0 Å². The third-order valence-electron chi connectivity index (χ3n) is 4.00. The van der Waals surface area contributed by atoms with Crippen LogP contribution < -0.4 is 10.6 Å². The Morgan fingerprint density at radius 2 is 1.52 bits per heavy atom. The van der Waals surface area contributed by atoms with Crippen LogP contribution in [-0.2, 0) is 0 Å². The molecule has 144 valence electrons. The van der Waals surface area contributed by atoms with E-state index in [1.54, 1.807) is 54.6 Å². The van der Waals surface area contributed by atoms with E-state index in [1.165, 1.54) is 6.08 Å². The van der Waals surface area contributed by atoms with Gasteiger partial charge in [0.05, 0.1) is 5.69 Å². The number of hydrogen-bond acceptors (Lipinski definition) is 3. The van der Waals surface area contributed by atoms with Crippen molar-refractivity contribution in [2.75, 3.05) is 5.32 Å². The predicted octanol–water partition coefficient (Wildman–Crippen LogP) is 5.36. The first-order chi connectivity index (χ1) is 14.0. The summed E-state index contributed by atoms with van der Waals surface area (Å²) in [4.78, 5) is 24.9. The molecule has 3 aromatic rings. The van der Waals surface area contributed by atoms with Crippen molar-refractivity contribution >= 4 is 52.4 Å². The number of thiocarbonyl (C=S) groups is 1. The summed E-state index contributed by atoms with van der Waals surface area (Å²) in [5, 5.41) is 6.15. The minimum absolute atomic E-state index is 0.0947. The zero-order valence-electron chi connectivity index (χ0n) is 15.3. The molecule has 3 aromatic carbocycles. The Morgan fingerprint density at radius 1 is 0.862 bits per heavy atom. The van der Waals surface area contributed by atoms with Gasteiger partial charge in [-0.3, -0.25) is 14.9 Å². The smallest absolute Gasteiger partial charge is 0.257 e. The number of carbonyl (C=O) groups is 2. The molecule has 6 heteroatoms. The average Bonchev–Trinajstić information content (AvgIpc) is 2.73. The van der Waals surface area contributed by atoms with Crippen LogP contribution in [0.4, 0.5) is 5.69 Å². The first-order valence-corrected chi connectivity index (χ1v) is 9.56. The van der Waals surface area contributed by atoms with E-state index >= 15 is 0 Å². The molecule has 4 nitrogen and oxygen atoms in total. The normalized spacial score (nSPS) is 10.5. The maximum Gasteiger partial charge on any atom is 0.257 e. The van der Waals surface area contributed by atoms with Crippen molar-refractivity contribution in [3.8, 4) is 0 Å². The van der Waals surface area contributed by atoms with E-state index in [1.807, 2.05) is 30.3 Å². The van der Waals surface area contributed by atoms with Crippen molar-refractivity contribution in [3.63, 3.8) is 0 Å². The number of amides is 1. The van der Waals surface area contributed by atoms with Crippen molar-refractivity contribution in [3.05, 3.63) is 107 Å². The van der Waals surface area contributed by atoms with Crippen LogP contribution in [0.1, 0.15) is 26.3 Å². The molecule has 0 atom stereocenters. The fourth-order valence-electron chi connectivity index (χ4n) is 2.56. The Hall–Kier alpha value is -3.28. The van der Waals surface area contributed by atoms with E-state index in [4.69, 9.17) is 23.8 Å². The minimum atomic E-state index is -0.369. The van der Waals surface area contributed by atoms with Crippen LogP contribution in [0.2, 0.25) is 5.02 Å². The van der Waals surface area contributed by atoms with Gasteiger partial charge in [-0.2, -0.15) is 0 Å². The molecule has 2 N–H and O–H groups in total. The Balaban J connectivity index is 1.69. The Labute approximate surface area is 179 Å². The summed E-state index contributed by atoms with van der Waals surface area (Å²) in [6, 6.07) is 23.0. The van der Waals surface area contributed by atoms with Gasteiger partial charge in [0.25, 0.3) is 5.91 Å². The second-order valence-electron chi connectivity index (χ2n) is 6.07. The molecular formula is C23H17ClN2O2S. The molecule has 0 heterocycles. The largest absolute Gasteiger partial charge is 0.332 e. The minimum Gasteiger partial charge on any atom is -0.332 e. The Morgan fingerprint density at radius 3 is 2.24 bits per heavy atom. The molecule has 0 aliphatic heterocycles. The van der Waals surface area contributed by atoms with E-state index < -0.39 is 0 Å². The summed E-state index contributed by atoms with van der Waals surface area (Å²) < 4.78 is 0. The fraction of sp³-hybridized carbons (Fsp3) is 0. The highest BCUT2D eigenvalue weighted by atomic mass is 35.5. The summed E-state index contributed by atoms with van der Waals surface area (Å²) in [6.07, 6.45) is 3.25. The lowest BCUT2D eigenvalue weighted by Gasteiger charge is -2.12. The molecule has 0 aliphatic rings. The van der Waals surface area contributed by atoms with Gasteiger partial charge in [0, 0.05) is 16.1 Å². The highest BCUT2D eigenvalue weighted by Crippen LogP contribution is 2.17. The highest BCUT2D eigenvalue weighted by Gasteiger charge is 2.12. The highest BCUT2D eigenvalue weighted by molar-refractivity contribution is 7.80. The molecule has 0 spiro atoms. The SMILES string of the molecule is O=C(NC(=S)Nc1ccccc1C(=O)C=Cc1ccccc1)c1ccc(Cl)cc1. The van der Waals surface area contributed by atoms with Crippen LogP contribution in [0.15, 0.2) is 84.9 Å². The zero-order valence-corrected chi connectivity index (χ0v) is 16.8. The first-order valence-electron chi connectivity index (χ1n) is 8.77. The van der Waals surface area contributed by atoms with Crippen molar-refractivity contribution in [1.29, 1.82) is 0 Å². The lowest BCUT2D eigenvalue weighted by atomic mass is 10.1. The number of benzene rings is 3. The predicted molar refractivity (Wildman–Crippen MR) is 121 cm³/mol. The van der Waals surface area contributed by atoms with Crippen LogP contribution in [0.25, 0.3) is 6.08 Å². The van der Waals surface area contributed by atoms with Gasteiger partial charge in [-0.05, 0) is 60.3 Å². The standard InChI is InChI=1S/C23H17ClN2O2S/c24-18-13-11-17(12-14-18)22(28)26-23(29)25-20-9-5-4-8-19(20)21(27)15-10-16-6-2-1-3-7-16/h1-15H,(H2,25,26,28,29). The molecule has 0 aliphatic carbocycles. The second kappa shape index (κ2) is 9.78. The Kier molecular flexibility index (Phi) is 6.89. The van der Waals surface area contributed by atoms with Gasteiger partial charge >= 0.3 is 0 Å². The van der Waals surface area contributed by atoms with Gasteiger partial charge < -0.3 is 5.32 Å². The van der Waals surface area contributed by atoms with Crippen LogP contribution in [-0.4, -0.2) is 16.8 Å². The van der Waals surface area contributed by atoms with Gasteiger partial charge in [0.15, 0.2) is 10.9 Å². The third-order valence-corrected chi connectivity index (χ3v) is 4.46. The molecule has 0 saturated carbocycles. The van der Waals surface area contributed by atoms with Gasteiger partial charge in [-0.15, -0.1) is 0 Å². The fourth-order valence-corrected chi connectivity index (χ4v) is 2.89. The number of rotatable bonds is 5. The number of para-hydroxylation sites is 1. The summed E-state index contributed by atoms with van der Waals surface area (Å²) in [5.74, 6) is -0.546. The quantitative estimate of drug-likeness (QED) is 0.331. The maximum atomic E-state index is 12.6. The number of hydrogen-bond donors (Lipinski definition) is 2. The molecular weight excluding hydrogens is 404 g/mol. The summed E-state index contributed by atoms with van der Waals surface area (Å²) in [6.45, 7) is 0. The van der Waals surface area contributed by atoms with Crippen LogP contribution >= 0.6 is 23.8 Å². The summed E-state index contributed by atoms with van der Waals surface area (Å²) in [7, 11) is 0. The number of carbonyl (C=O) groups excluding carboxylic acids is 2. The van der Waals surface area contributed by atoms with Gasteiger partial charge in [-0.1, -0.05) is 60.1 Å². The number of allylic oxidation sites excluding steroid dienone is 1. The average molecular weight is 421 g/mol. The molecule has 0 unspecified atom stereocenters. The molecule has 0 saturated heterocycles. The van der Waals surface area contributed by atoms with Crippen molar-refractivity contribution < 1.29 is 9.59 Å². The molecule has 29 heavy (non-hydrogen) atoms. The topological polar surface area (TPSA) is 58.2 Å². The number of halogens is 1. The number of ketones is 1. The third kappa shape index (κ3) is 5.85. The lowest BCUT2D eigenvalue weighted by molar-refractivity contribution is 0.0977. The van der Waals surface area contributed by atoms with Crippen molar-refractivity contribution in [1.82, 2.24) is 5.32 Å². The van der Waals surface area contributed by atoms with Crippen molar-refractivity contribution in [2.24, 2.45) is 0 Å². The van der Waals surface area contributed by atoms with Crippen LogP contribution in [0, 0.1) is 0 Å². The molecule has 3 rings (SSSR count). The monoisotopic (exact) mass is 420 g/mol.